The highest BCUT2D eigenvalue weighted by Crippen LogP contribution is 2.23. The number of hydrogen-bond donors (Lipinski definition) is 3. The minimum absolute atomic E-state index is 0.0376. The number of anilines is 2. The van der Waals surface area contributed by atoms with Gasteiger partial charge in [0.25, 0.3) is 0 Å². The van der Waals surface area contributed by atoms with Crippen LogP contribution in [0.5, 0.6) is 0 Å². The van der Waals surface area contributed by atoms with Crippen LogP contribution >= 0.6 is 0 Å². The Morgan fingerprint density at radius 3 is 2.90 bits per heavy atom. The van der Waals surface area contributed by atoms with Crippen LogP contribution in [0.15, 0.2) is 12.1 Å². The van der Waals surface area contributed by atoms with Gasteiger partial charge in [-0.2, -0.15) is 0 Å². The van der Waals surface area contributed by atoms with Crippen LogP contribution < -0.4 is 16.4 Å². The van der Waals surface area contributed by atoms with Crippen molar-refractivity contribution in [1.29, 1.82) is 0 Å². The third-order valence-corrected chi connectivity index (χ3v) is 2.44. The molecule has 1 unspecified atom stereocenters. The van der Waals surface area contributed by atoms with E-state index in [2.05, 4.69) is 15.6 Å². The smallest absolute Gasteiger partial charge is 0.311 e. The zero-order chi connectivity index (χ0) is 15.1. The van der Waals surface area contributed by atoms with Gasteiger partial charge in [0.2, 0.25) is 11.7 Å². The molecule has 0 spiro atoms. The van der Waals surface area contributed by atoms with Crippen LogP contribution in [0, 0.1) is 10.1 Å². The molecular formula is C11H17N5O4. The lowest BCUT2D eigenvalue weighted by atomic mass is 10.3. The van der Waals surface area contributed by atoms with E-state index in [1.54, 1.807) is 6.92 Å². The normalized spacial score (nSPS) is 11.7. The first-order valence-electron chi connectivity index (χ1n) is 5.89. The fourth-order valence-electron chi connectivity index (χ4n) is 1.42. The minimum Gasteiger partial charge on any atom is -0.384 e. The molecule has 1 amide bonds. The van der Waals surface area contributed by atoms with Crippen molar-refractivity contribution in [2.75, 3.05) is 31.3 Å². The van der Waals surface area contributed by atoms with Crippen LogP contribution in [0.3, 0.4) is 0 Å². The number of amides is 1. The summed E-state index contributed by atoms with van der Waals surface area (Å²) in [6, 6.07) is 1.87. The fraction of sp³-hybridized carbons (Fsp3) is 0.455. The average Bonchev–Trinajstić information content (AvgIpc) is 2.38. The maximum atomic E-state index is 11.7. The van der Waals surface area contributed by atoms with E-state index in [-0.39, 0.29) is 23.2 Å². The fourth-order valence-corrected chi connectivity index (χ4v) is 1.42. The van der Waals surface area contributed by atoms with E-state index >= 15 is 0 Å². The second-order valence-electron chi connectivity index (χ2n) is 4.01. The maximum absolute atomic E-state index is 11.7. The molecule has 0 saturated carbocycles. The maximum Gasteiger partial charge on any atom is 0.311 e. The molecule has 9 nitrogen and oxygen atoms in total. The Balaban J connectivity index is 2.74. The molecule has 1 aromatic heterocycles. The Kier molecular flexibility index (Phi) is 5.66. The van der Waals surface area contributed by atoms with Gasteiger partial charge in [-0.1, -0.05) is 0 Å². The second-order valence-corrected chi connectivity index (χ2v) is 4.01. The molecular weight excluding hydrogens is 266 g/mol. The summed E-state index contributed by atoms with van der Waals surface area (Å²) in [6.07, 6.45) is 0. The van der Waals surface area contributed by atoms with Gasteiger partial charge in [-0.3, -0.25) is 14.9 Å². The molecule has 0 aliphatic rings. The Bertz CT molecular complexity index is 494. The average molecular weight is 283 g/mol. The molecule has 0 aliphatic heterocycles. The minimum atomic E-state index is -0.695. The summed E-state index contributed by atoms with van der Waals surface area (Å²) in [4.78, 5) is 25.8. The topological polar surface area (TPSA) is 132 Å². The molecule has 110 valence electrons. The number of nitro groups is 1. The van der Waals surface area contributed by atoms with Gasteiger partial charge in [0.1, 0.15) is 11.9 Å². The molecule has 0 bridgehead atoms. The first-order valence-corrected chi connectivity index (χ1v) is 5.89. The molecule has 1 atom stereocenters. The highest BCUT2D eigenvalue weighted by atomic mass is 16.6. The summed E-state index contributed by atoms with van der Waals surface area (Å²) >= 11 is 0. The van der Waals surface area contributed by atoms with Crippen molar-refractivity contribution in [2.45, 2.75) is 13.0 Å². The third-order valence-electron chi connectivity index (χ3n) is 2.44. The zero-order valence-electron chi connectivity index (χ0n) is 11.3. The number of hydrogen-bond acceptors (Lipinski definition) is 7. The molecule has 0 aliphatic carbocycles. The summed E-state index contributed by atoms with van der Waals surface area (Å²) in [5, 5.41) is 16.1. The number of pyridine rings is 1. The molecule has 0 aromatic carbocycles. The standard InChI is InChI=1S/C11H17N5O4/c1-7(11(17)13-5-6-20-2)14-10-8(16(18)19)3-4-9(12)15-10/h3-4,7H,5-6H2,1-2H3,(H,13,17)(H3,12,14,15). The highest BCUT2D eigenvalue weighted by Gasteiger charge is 2.20. The van der Waals surface area contributed by atoms with Gasteiger partial charge in [-0.15, -0.1) is 0 Å². The van der Waals surface area contributed by atoms with Gasteiger partial charge in [-0.25, -0.2) is 4.98 Å². The van der Waals surface area contributed by atoms with Crippen LogP contribution in [0.25, 0.3) is 0 Å². The van der Waals surface area contributed by atoms with Gasteiger partial charge in [0, 0.05) is 19.7 Å². The molecule has 0 fully saturated rings. The van der Waals surface area contributed by atoms with Crippen LogP contribution in [0.2, 0.25) is 0 Å². The van der Waals surface area contributed by atoms with Gasteiger partial charge in [0.15, 0.2) is 0 Å². The van der Waals surface area contributed by atoms with Gasteiger partial charge < -0.3 is 21.1 Å². The molecule has 20 heavy (non-hydrogen) atoms. The van der Waals surface area contributed by atoms with Gasteiger partial charge >= 0.3 is 5.69 Å². The number of nitrogens with zero attached hydrogens (tertiary/aromatic N) is 2. The summed E-state index contributed by atoms with van der Waals surface area (Å²) in [5.74, 6) is -0.227. The predicted octanol–water partition coefficient (Wildman–Crippen LogP) is 0.135. The van der Waals surface area contributed by atoms with E-state index < -0.39 is 11.0 Å². The number of nitrogen functional groups attached to an aromatic ring is 1. The SMILES string of the molecule is COCCNC(=O)C(C)Nc1nc(N)ccc1[N+](=O)[O-]. The Morgan fingerprint density at radius 1 is 1.60 bits per heavy atom. The number of ether oxygens (including phenoxy) is 1. The van der Waals surface area contributed by atoms with E-state index in [0.717, 1.165) is 0 Å². The van der Waals surface area contributed by atoms with Crippen molar-refractivity contribution in [3.8, 4) is 0 Å². The van der Waals surface area contributed by atoms with Crippen molar-refractivity contribution in [2.24, 2.45) is 0 Å². The van der Waals surface area contributed by atoms with Crippen molar-refractivity contribution in [3.05, 3.63) is 22.2 Å². The van der Waals surface area contributed by atoms with E-state index in [9.17, 15) is 14.9 Å². The van der Waals surface area contributed by atoms with Gasteiger partial charge in [-0.05, 0) is 13.0 Å². The molecule has 1 heterocycles. The lowest BCUT2D eigenvalue weighted by molar-refractivity contribution is -0.384. The molecule has 0 saturated heterocycles. The quantitative estimate of drug-likeness (QED) is 0.368. The monoisotopic (exact) mass is 283 g/mol. The summed E-state index contributed by atoms with van der Waals surface area (Å²) in [6.45, 7) is 2.31. The number of methoxy groups -OCH3 is 1. The molecule has 1 rings (SSSR count). The summed E-state index contributed by atoms with van der Waals surface area (Å²) < 4.78 is 4.80. The second kappa shape index (κ2) is 7.24. The van der Waals surface area contributed by atoms with E-state index in [4.69, 9.17) is 10.5 Å². The van der Waals surface area contributed by atoms with Crippen LogP contribution in [-0.4, -0.2) is 42.1 Å². The Morgan fingerprint density at radius 2 is 2.30 bits per heavy atom. The van der Waals surface area contributed by atoms with Crippen LogP contribution in [-0.2, 0) is 9.53 Å². The highest BCUT2D eigenvalue weighted by molar-refractivity contribution is 5.84. The van der Waals surface area contributed by atoms with E-state index in [1.807, 2.05) is 0 Å². The predicted molar refractivity (Wildman–Crippen MR) is 73.3 cm³/mol. The number of carbonyl (C=O) groups is 1. The Labute approximate surface area is 115 Å². The molecule has 1 aromatic rings. The molecule has 9 heteroatoms. The molecule has 0 radical (unpaired) electrons. The van der Waals surface area contributed by atoms with Gasteiger partial charge in [0.05, 0.1) is 11.5 Å². The first-order chi connectivity index (χ1) is 9.45. The summed E-state index contributed by atoms with van der Waals surface area (Å²) in [5.41, 5.74) is 5.25. The van der Waals surface area contributed by atoms with E-state index in [1.165, 1.54) is 19.2 Å². The number of nitrogens with two attached hydrogens (primary N) is 1. The zero-order valence-corrected chi connectivity index (χ0v) is 11.3. The summed E-state index contributed by atoms with van der Waals surface area (Å²) in [7, 11) is 1.52. The first kappa shape index (κ1) is 15.6. The third kappa shape index (κ3) is 4.35. The van der Waals surface area contributed by atoms with Crippen molar-refractivity contribution >= 4 is 23.2 Å². The number of rotatable bonds is 7. The van der Waals surface area contributed by atoms with Crippen LogP contribution in [0.1, 0.15) is 6.92 Å². The van der Waals surface area contributed by atoms with Crippen molar-refractivity contribution < 1.29 is 14.5 Å². The lowest BCUT2D eigenvalue weighted by Crippen LogP contribution is -2.39. The van der Waals surface area contributed by atoms with Crippen LogP contribution in [0.4, 0.5) is 17.3 Å². The van der Waals surface area contributed by atoms with Crippen molar-refractivity contribution in [1.82, 2.24) is 10.3 Å². The lowest BCUT2D eigenvalue weighted by Gasteiger charge is -2.14. The number of aromatic nitrogens is 1. The number of carbonyl (C=O) groups excluding carboxylic acids is 1. The largest absolute Gasteiger partial charge is 0.384 e. The van der Waals surface area contributed by atoms with E-state index in [0.29, 0.717) is 13.2 Å². The molecule has 4 N–H and O–H groups in total. The number of nitrogens with one attached hydrogen (secondary N) is 2. The van der Waals surface area contributed by atoms with Crippen molar-refractivity contribution in [3.63, 3.8) is 0 Å². The Hall–Kier alpha value is -2.42.